The topological polar surface area (TPSA) is 34.0 Å². The van der Waals surface area contributed by atoms with E-state index in [-0.39, 0.29) is 6.42 Å². The molecule has 0 radical (unpaired) electrons. The van der Waals surface area contributed by atoms with Crippen LogP contribution < -0.4 is 5.32 Å². The third-order valence-electron chi connectivity index (χ3n) is 3.56. The summed E-state index contributed by atoms with van der Waals surface area (Å²) in [5.74, 6) is -2.03. The number of rotatable bonds is 3. The fraction of sp³-hybridized carbons (Fsp3) is 0.118. The van der Waals surface area contributed by atoms with Gasteiger partial charge in [-0.3, -0.25) is 4.79 Å². The quantitative estimate of drug-likeness (QED) is 0.787. The van der Waals surface area contributed by atoms with Crippen molar-refractivity contribution in [3.05, 3.63) is 65.9 Å². The molecule has 0 fully saturated rings. The third kappa shape index (κ3) is 2.57. The molecule has 1 heterocycles. The van der Waals surface area contributed by atoms with Crippen LogP contribution in [-0.4, -0.2) is 10.5 Å². The van der Waals surface area contributed by atoms with Crippen LogP contribution in [0.3, 0.4) is 0 Å². The van der Waals surface area contributed by atoms with Crippen LogP contribution in [-0.2, 0) is 18.3 Å². The normalized spacial score (nSPS) is 10.9. The summed E-state index contributed by atoms with van der Waals surface area (Å²) in [5.41, 5.74) is 1.41. The number of nitrogens with one attached hydrogen (secondary N) is 1. The van der Waals surface area contributed by atoms with Gasteiger partial charge in [0.15, 0.2) is 0 Å². The molecule has 0 aliphatic carbocycles. The molecule has 0 atom stereocenters. The van der Waals surface area contributed by atoms with Gasteiger partial charge in [0, 0.05) is 24.1 Å². The molecule has 0 spiro atoms. The van der Waals surface area contributed by atoms with Crippen molar-refractivity contribution in [2.24, 2.45) is 7.05 Å². The Morgan fingerprint density at radius 2 is 1.77 bits per heavy atom. The molecular weight excluding hydrogens is 286 g/mol. The summed E-state index contributed by atoms with van der Waals surface area (Å²) < 4.78 is 29.0. The smallest absolute Gasteiger partial charge is 0.229 e. The molecule has 0 saturated heterocycles. The first-order valence-electron chi connectivity index (χ1n) is 6.83. The number of aromatic nitrogens is 1. The molecule has 3 rings (SSSR count). The van der Waals surface area contributed by atoms with E-state index in [1.807, 2.05) is 42.1 Å². The summed E-state index contributed by atoms with van der Waals surface area (Å²) in [7, 11) is 1.89. The zero-order chi connectivity index (χ0) is 15.7. The lowest BCUT2D eigenvalue weighted by molar-refractivity contribution is -0.115. The van der Waals surface area contributed by atoms with E-state index in [1.54, 1.807) is 0 Å². The van der Waals surface area contributed by atoms with Crippen molar-refractivity contribution in [1.82, 2.24) is 4.57 Å². The fourth-order valence-corrected chi connectivity index (χ4v) is 2.54. The van der Waals surface area contributed by atoms with Crippen molar-refractivity contribution in [1.29, 1.82) is 0 Å². The number of aryl methyl sites for hydroxylation is 1. The summed E-state index contributed by atoms with van der Waals surface area (Å²) in [6, 6.07) is 11.1. The average molecular weight is 300 g/mol. The zero-order valence-electron chi connectivity index (χ0n) is 11.9. The summed E-state index contributed by atoms with van der Waals surface area (Å²) in [4.78, 5) is 12.1. The fourth-order valence-electron chi connectivity index (χ4n) is 2.54. The van der Waals surface area contributed by atoms with Gasteiger partial charge in [0.25, 0.3) is 0 Å². The molecule has 3 aromatic rings. The minimum absolute atomic E-state index is 0.0507. The van der Waals surface area contributed by atoms with Crippen LogP contribution >= 0.6 is 0 Å². The Morgan fingerprint density at radius 3 is 2.50 bits per heavy atom. The van der Waals surface area contributed by atoms with Crippen LogP contribution in [0.15, 0.2) is 48.7 Å². The number of fused-ring (bicyclic) bond motifs is 1. The van der Waals surface area contributed by atoms with E-state index in [0.29, 0.717) is 0 Å². The van der Waals surface area contributed by atoms with Crippen molar-refractivity contribution >= 4 is 22.5 Å². The molecule has 1 aromatic heterocycles. The second-order valence-electron chi connectivity index (χ2n) is 5.10. The monoisotopic (exact) mass is 300 g/mol. The Kier molecular flexibility index (Phi) is 3.63. The second kappa shape index (κ2) is 5.60. The van der Waals surface area contributed by atoms with E-state index in [1.165, 1.54) is 6.07 Å². The molecule has 22 heavy (non-hydrogen) atoms. The predicted octanol–water partition coefficient (Wildman–Crippen LogP) is 3.64. The molecule has 3 nitrogen and oxygen atoms in total. The van der Waals surface area contributed by atoms with Gasteiger partial charge in [0.05, 0.1) is 6.42 Å². The molecule has 1 amide bonds. The van der Waals surface area contributed by atoms with Gasteiger partial charge in [-0.2, -0.15) is 0 Å². The van der Waals surface area contributed by atoms with Crippen LogP contribution in [0, 0.1) is 11.6 Å². The van der Waals surface area contributed by atoms with Gasteiger partial charge < -0.3 is 9.88 Å². The minimum atomic E-state index is -0.786. The van der Waals surface area contributed by atoms with Crippen LogP contribution in [0.5, 0.6) is 0 Å². The number of hydrogen-bond acceptors (Lipinski definition) is 1. The number of carbonyl (C=O) groups is 1. The predicted molar refractivity (Wildman–Crippen MR) is 81.6 cm³/mol. The Bertz CT molecular complexity index is 835. The lowest BCUT2D eigenvalue weighted by Gasteiger charge is -2.07. The second-order valence-corrected chi connectivity index (χ2v) is 5.10. The summed E-state index contributed by atoms with van der Waals surface area (Å²) >= 11 is 0. The first-order chi connectivity index (χ1) is 10.6. The van der Waals surface area contributed by atoms with Crippen molar-refractivity contribution in [3.8, 4) is 0 Å². The van der Waals surface area contributed by atoms with E-state index in [9.17, 15) is 13.6 Å². The standard InChI is InChI=1S/C17H14F2N2O/c1-21-10-11(12-5-2-3-8-15(12)21)9-16(22)20-17-13(18)6-4-7-14(17)19/h2-8,10H,9H2,1H3,(H,20,22). The maximum absolute atomic E-state index is 13.5. The zero-order valence-corrected chi connectivity index (χ0v) is 11.9. The number of para-hydroxylation sites is 2. The lowest BCUT2D eigenvalue weighted by Crippen LogP contribution is -2.16. The Hall–Kier alpha value is -2.69. The van der Waals surface area contributed by atoms with Gasteiger partial charge in [0.1, 0.15) is 17.3 Å². The molecule has 0 aliphatic heterocycles. The highest BCUT2D eigenvalue weighted by atomic mass is 19.1. The van der Waals surface area contributed by atoms with Crippen molar-refractivity contribution in [2.45, 2.75) is 6.42 Å². The number of benzene rings is 2. The Labute approximate surface area is 126 Å². The molecule has 1 N–H and O–H groups in total. The van der Waals surface area contributed by atoms with Crippen LogP contribution in [0.1, 0.15) is 5.56 Å². The van der Waals surface area contributed by atoms with Crippen LogP contribution in [0.4, 0.5) is 14.5 Å². The number of nitrogens with zero attached hydrogens (tertiary/aromatic N) is 1. The van der Waals surface area contributed by atoms with Crippen molar-refractivity contribution in [3.63, 3.8) is 0 Å². The van der Waals surface area contributed by atoms with E-state index in [0.717, 1.165) is 28.6 Å². The molecule has 0 saturated carbocycles. The van der Waals surface area contributed by atoms with Crippen LogP contribution in [0.25, 0.3) is 10.9 Å². The maximum atomic E-state index is 13.5. The number of halogens is 2. The number of anilines is 1. The number of hydrogen-bond donors (Lipinski definition) is 1. The molecule has 5 heteroatoms. The first-order valence-corrected chi connectivity index (χ1v) is 6.83. The summed E-state index contributed by atoms with van der Waals surface area (Å²) in [5, 5.41) is 3.26. The first kappa shape index (κ1) is 14.3. The van der Waals surface area contributed by atoms with E-state index in [4.69, 9.17) is 0 Å². The average Bonchev–Trinajstić information content (AvgIpc) is 2.80. The number of carbonyl (C=O) groups excluding carboxylic acids is 1. The van der Waals surface area contributed by atoms with Crippen LogP contribution in [0.2, 0.25) is 0 Å². The van der Waals surface area contributed by atoms with E-state index in [2.05, 4.69) is 5.32 Å². The van der Waals surface area contributed by atoms with Crippen molar-refractivity contribution in [2.75, 3.05) is 5.32 Å². The minimum Gasteiger partial charge on any atom is -0.350 e. The molecule has 2 aromatic carbocycles. The molecular formula is C17H14F2N2O. The molecule has 0 aliphatic rings. The van der Waals surface area contributed by atoms with E-state index >= 15 is 0 Å². The number of amides is 1. The highest BCUT2D eigenvalue weighted by molar-refractivity contribution is 5.96. The maximum Gasteiger partial charge on any atom is 0.229 e. The Morgan fingerprint density at radius 1 is 1.09 bits per heavy atom. The SMILES string of the molecule is Cn1cc(CC(=O)Nc2c(F)cccc2F)c2ccccc21. The highest BCUT2D eigenvalue weighted by Gasteiger charge is 2.14. The van der Waals surface area contributed by atoms with Gasteiger partial charge in [-0.25, -0.2) is 8.78 Å². The largest absolute Gasteiger partial charge is 0.350 e. The van der Waals surface area contributed by atoms with Gasteiger partial charge in [0.2, 0.25) is 5.91 Å². The molecule has 0 unspecified atom stereocenters. The van der Waals surface area contributed by atoms with Crippen molar-refractivity contribution < 1.29 is 13.6 Å². The summed E-state index contributed by atoms with van der Waals surface area (Å²) in [6.45, 7) is 0. The van der Waals surface area contributed by atoms with Gasteiger partial charge in [-0.05, 0) is 23.8 Å². The molecule has 0 bridgehead atoms. The molecule has 112 valence electrons. The van der Waals surface area contributed by atoms with E-state index < -0.39 is 23.2 Å². The lowest BCUT2D eigenvalue weighted by atomic mass is 10.1. The van der Waals surface area contributed by atoms with Gasteiger partial charge in [-0.1, -0.05) is 24.3 Å². The Balaban J connectivity index is 1.85. The van der Waals surface area contributed by atoms with Gasteiger partial charge >= 0.3 is 0 Å². The third-order valence-corrected chi connectivity index (χ3v) is 3.56. The highest BCUT2D eigenvalue weighted by Crippen LogP contribution is 2.22. The van der Waals surface area contributed by atoms with Gasteiger partial charge in [-0.15, -0.1) is 0 Å². The summed E-state index contributed by atoms with van der Waals surface area (Å²) in [6.07, 6.45) is 1.90.